The number of likely N-dealkylation sites (tertiary alicyclic amines) is 2. The van der Waals surface area contributed by atoms with E-state index in [1.165, 1.54) is 30.8 Å². The summed E-state index contributed by atoms with van der Waals surface area (Å²) >= 11 is 0. The standard InChI is InChI=1S/C21H27N3O3/c25-19(23-12-7-16(8-13-23)15-22-10-3-4-11-22)9-14-24-20(26)17-5-1-2-6-18(17)21(24)27/h1-2,5-6,16H,3-4,7-15H2. The summed E-state index contributed by atoms with van der Waals surface area (Å²) in [6.07, 6.45) is 4.94. The summed E-state index contributed by atoms with van der Waals surface area (Å²) in [5, 5.41) is 0. The Labute approximate surface area is 160 Å². The number of carbonyl (C=O) groups is 3. The molecule has 1 aromatic rings. The summed E-state index contributed by atoms with van der Waals surface area (Å²) < 4.78 is 0. The number of hydrogen-bond donors (Lipinski definition) is 0. The van der Waals surface area contributed by atoms with Gasteiger partial charge >= 0.3 is 0 Å². The molecule has 0 unspecified atom stereocenters. The fourth-order valence-electron chi connectivity index (χ4n) is 4.50. The molecule has 1 aromatic carbocycles. The van der Waals surface area contributed by atoms with Gasteiger partial charge in [-0.1, -0.05) is 12.1 Å². The van der Waals surface area contributed by atoms with Crippen molar-refractivity contribution >= 4 is 17.7 Å². The lowest BCUT2D eigenvalue weighted by atomic mass is 9.96. The van der Waals surface area contributed by atoms with Gasteiger partial charge in [0.25, 0.3) is 11.8 Å². The Morgan fingerprint density at radius 1 is 0.926 bits per heavy atom. The van der Waals surface area contributed by atoms with Gasteiger partial charge in [0.05, 0.1) is 11.1 Å². The number of benzene rings is 1. The first-order valence-electron chi connectivity index (χ1n) is 10.1. The largest absolute Gasteiger partial charge is 0.343 e. The highest BCUT2D eigenvalue weighted by molar-refractivity contribution is 6.21. The minimum absolute atomic E-state index is 0.0474. The molecule has 2 saturated heterocycles. The number of piperidine rings is 1. The summed E-state index contributed by atoms with van der Waals surface area (Å²) in [5.74, 6) is 0.162. The minimum Gasteiger partial charge on any atom is -0.343 e. The van der Waals surface area contributed by atoms with E-state index in [4.69, 9.17) is 0 Å². The summed E-state index contributed by atoms with van der Waals surface area (Å²) in [4.78, 5) is 43.0. The van der Waals surface area contributed by atoms with E-state index in [0.29, 0.717) is 17.0 Å². The normalized spacial score (nSPS) is 21.2. The van der Waals surface area contributed by atoms with Crippen LogP contribution >= 0.6 is 0 Å². The average Bonchev–Trinajstić information content (AvgIpc) is 3.28. The molecule has 0 atom stereocenters. The maximum absolute atomic E-state index is 12.6. The van der Waals surface area contributed by atoms with Crippen molar-refractivity contribution in [1.82, 2.24) is 14.7 Å². The molecule has 0 N–H and O–H groups in total. The minimum atomic E-state index is -0.285. The zero-order valence-corrected chi connectivity index (χ0v) is 15.7. The van der Waals surface area contributed by atoms with Gasteiger partial charge in [-0.2, -0.15) is 0 Å². The van der Waals surface area contributed by atoms with E-state index in [-0.39, 0.29) is 30.7 Å². The van der Waals surface area contributed by atoms with Crippen LogP contribution in [0.3, 0.4) is 0 Å². The molecule has 0 aromatic heterocycles. The molecule has 6 nitrogen and oxygen atoms in total. The monoisotopic (exact) mass is 369 g/mol. The molecule has 3 heterocycles. The van der Waals surface area contributed by atoms with E-state index in [1.54, 1.807) is 24.3 Å². The predicted molar refractivity (Wildman–Crippen MR) is 101 cm³/mol. The number of nitrogens with zero attached hydrogens (tertiary/aromatic N) is 3. The van der Waals surface area contributed by atoms with Gasteiger partial charge in [-0.25, -0.2) is 0 Å². The Balaban J connectivity index is 1.25. The van der Waals surface area contributed by atoms with Crippen molar-refractivity contribution in [2.45, 2.75) is 32.1 Å². The first-order valence-corrected chi connectivity index (χ1v) is 10.1. The van der Waals surface area contributed by atoms with Crippen LogP contribution in [0.5, 0.6) is 0 Å². The molecule has 27 heavy (non-hydrogen) atoms. The van der Waals surface area contributed by atoms with Crippen LogP contribution in [0.1, 0.15) is 52.8 Å². The van der Waals surface area contributed by atoms with E-state index in [0.717, 1.165) is 32.5 Å². The molecule has 3 aliphatic heterocycles. The van der Waals surface area contributed by atoms with Gasteiger partial charge in [0.15, 0.2) is 0 Å². The van der Waals surface area contributed by atoms with Crippen molar-refractivity contribution in [1.29, 1.82) is 0 Å². The molecule has 0 aliphatic carbocycles. The molecular weight excluding hydrogens is 342 g/mol. The molecule has 144 valence electrons. The highest BCUT2D eigenvalue weighted by atomic mass is 16.2. The summed E-state index contributed by atoms with van der Waals surface area (Å²) in [7, 11) is 0. The average molecular weight is 369 g/mol. The van der Waals surface area contributed by atoms with Crippen LogP contribution in [0.2, 0.25) is 0 Å². The Kier molecular flexibility index (Phi) is 5.25. The van der Waals surface area contributed by atoms with Crippen LogP contribution in [-0.4, -0.2) is 71.7 Å². The fraction of sp³-hybridized carbons (Fsp3) is 0.571. The number of rotatable bonds is 5. The van der Waals surface area contributed by atoms with Crippen molar-refractivity contribution in [3.05, 3.63) is 35.4 Å². The van der Waals surface area contributed by atoms with Gasteiger partial charge < -0.3 is 9.80 Å². The quantitative estimate of drug-likeness (QED) is 0.745. The molecule has 2 fully saturated rings. The molecule has 0 bridgehead atoms. The molecule has 0 spiro atoms. The Hall–Kier alpha value is -2.21. The van der Waals surface area contributed by atoms with Gasteiger partial charge in [-0.05, 0) is 56.8 Å². The second kappa shape index (κ2) is 7.80. The lowest BCUT2D eigenvalue weighted by Gasteiger charge is -2.34. The maximum Gasteiger partial charge on any atom is 0.261 e. The lowest BCUT2D eigenvalue weighted by Crippen LogP contribution is -2.42. The highest BCUT2D eigenvalue weighted by Crippen LogP contribution is 2.24. The van der Waals surface area contributed by atoms with Crippen LogP contribution in [0.25, 0.3) is 0 Å². The van der Waals surface area contributed by atoms with Crippen LogP contribution < -0.4 is 0 Å². The summed E-state index contributed by atoms with van der Waals surface area (Å²) in [5.41, 5.74) is 0.885. The zero-order chi connectivity index (χ0) is 18.8. The fourth-order valence-corrected chi connectivity index (χ4v) is 4.50. The van der Waals surface area contributed by atoms with Gasteiger partial charge in [-0.15, -0.1) is 0 Å². The maximum atomic E-state index is 12.6. The van der Waals surface area contributed by atoms with Gasteiger partial charge in [0.1, 0.15) is 0 Å². The highest BCUT2D eigenvalue weighted by Gasteiger charge is 2.35. The summed E-state index contributed by atoms with van der Waals surface area (Å²) in [6, 6.07) is 6.85. The van der Waals surface area contributed by atoms with Gasteiger partial charge in [0.2, 0.25) is 5.91 Å². The third kappa shape index (κ3) is 3.76. The zero-order valence-electron chi connectivity index (χ0n) is 15.7. The Morgan fingerprint density at radius 3 is 2.11 bits per heavy atom. The van der Waals surface area contributed by atoms with Crippen LogP contribution in [0.15, 0.2) is 24.3 Å². The molecule has 3 amide bonds. The van der Waals surface area contributed by atoms with Crippen LogP contribution in [0.4, 0.5) is 0 Å². The van der Waals surface area contributed by atoms with E-state index in [2.05, 4.69) is 4.90 Å². The first-order chi connectivity index (χ1) is 13.1. The second-order valence-electron chi connectivity index (χ2n) is 7.89. The van der Waals surface area contributed by atoms with E-state index in [9.17, 15) is 14.4 Å². The number of amides is 3. The van der Waals surface area contributed by atoms with Gasteiger partial charge in [-0.3, -0.25) is 19.3 Å². The molecule has 3 aliphatic rings. The Morgan fingerprint density at radius 2 is 1.52 bits per heavy atom. The molecule has 4 rings (SSSR count). The van der Waals surface area contributed by atoms with Crippen LogP contribution in [-0.2, 0) is 4.79 Å². The van der Waals surface area contributed by atoms with Crippen LogP contribution in [0, 0.1) is 5.92 Å². The molecule has 6 heteroatoms. The third-order valence-corrected chi connectivity index (χ3v) is 6.11. The number of carbonyl (C=O) groups excluding carboxylic acids is 3. The van der Waals surface area contributed by atoms with E-state index >= 15 is 0 Å². The van der Waals surface area contributed by atoms with Crippen molar-refractivity contribution in [2.75, 3.05) is 39.3 Å². The number of hydrogen-bond acceptors (Lipinski definition) is 4. The van der Waals surface area contributed by atoms with Crippen molar-refractivity contribution < 1.29 is 14.4 Å². The molecule has 0 radical (unpaired) electrons. The van der Waals surface area contributed by atoms with Gasteiger partial charge in [0, 0.05) is 32.6 Å². The number of imide groups is 1. The summed E-state index contributed by atoms with van der Waals surface area (Å²) in [6.45, 7) is 5.35. The molecular formula is C21H27N3O3. The molecule has 0 saturated carbocycles. The van der Waals surface area contributed by atoms with Crippen molar-refractivity contribution in [2.24, 2.45) is 5.92 Å². The smallest absolute Gasteiger partial charge is 0.261 e. The number of fused-ring (bicyclic) bond motifs is 1. The SMILES string of the molecule is O=C(CCN1C(=O)c2ccccc2C1=O)N1CCC(CN2CCCC2)CC1. The van der Waals surface area contributed by atoms with Crippen molar-refractivity contribution in [3.8, 4) is 0 Å². The topological polar surface area (TPSA) is 60.9 Å². The predicted octanol–water partition coefficient (Wildman–Crippen LogP) is 2.01. The Bertz CT molecular complexity index is 699. The van der Waals surface area contributed by atoms with E-state index in [1.807, 2.05) is 4.90 Å². The first kappa shape index (κ1) is 18.2. The second-order valence-corrected chi connectivity index (χ2v) is 7.89. The van der Waals surface area contributed by atoms with Crippen molar-refractivity contribution in [3.63, 3.8) is 0 Å². The lowest BCUT2D eigenvalue weighted by molar-refractivity contribution is -0.132. The third-order valence-electron chi connectivity index (χ3n) is 6.11. The van der Waals surface area contributed by atoms with E-state index < -0.39 is 0 Å².